The van der Waals surface area contributed by atoms with Crippen molar-refractivity contribution in [3.05, 3.63) is 75.9 Å². The molecule has 3 rings (SSSR count). The molecule has 5 heteroatoms. The van der Waals surface area contributed by atoms with Crippen molar-refractivity contribution in [3.8, 4) is 0 Å². The molecule has 0 N–H and O–H groups in total. The van der Waals surface area contributed by atoms with Crippen LogP contribution in [0.2, 0.25) is 5.02 Å². The molecule has 1 aromatic heterocycles. The van der Waals surface area contributed by atoms with E-state index in [4.69, 9.17) is 16.3 Å². The first kappa shape index (κ1) is 18.1. The largest absolute Gasteiger partial charge is 0.451 e. The Balaban J connectivity index is 1.92. The van der Waals surface area contributed by atoms with E-state index in [-0.39, 0.29) is 5.78 Å². The molecule has 1 atom stereocenters. The number of Topliss-reactive ketones (excluding diaryl/α,β-unsaturated/α-hetero) is 1. The monoisotopic (exact) mass is 367 g/mol. The fourth-order valence-electron chi connectivity index (χ4n) is 2.84. The van der Waals surface area contributed by atoms with Crippen LogP contribution in [-0.2, 0) is 4.74 Å². The summed E-state index contributed by atoms with van der Waals surface area (Å²) in [5.74, 6) is -0.833. The van der Waals surface area contributed by atoms with E-state index < -0.39 is 12.1 Å². The topological polar surface area (TPSA) is 56.3 Å². The molecule has 0 amide bonds. The average Bonchev–Trinajstić information content (AvgIpc) is 2.62. The average molecular weight is 368 g/mol. The third-order valence-electron chi connectivity index (χ3n) is 4.35. The summed E-state index contributed by atoms with van der Waals surface area (Å²) in [6, 6.07) is 14.0. The highest BCUT2D eigenvalue weighted by Crippen LogP contribution is 2.24. The van der Waals surface area contributed by atoms with Gasteiger partial charge in [0, 0.05) is 21.7 Å². The predicted molar refractivity (Wildman–Crippen MR) is 102 cm³/mol. The lowest BCUT2D eigenvalue weighted by Crippen LogP contribution is -2.25. The number of benzene rings is 2. The number of carbonyl (C=O) groups is 2. The number of fused-ring (bicyclic) bond motifs is 1. The van der Waals surface area contributed by atoms with Gasteiger partial charge in [-0.2, -0.15) is 0 Å². The first-order valence-electron chi connectivity index (χ1n) is 8.25. The normalized spacial score (nSPS) is 12.0. The molecule has 2 aromatic carbocycles. The summed E-state index contributed by atoms with van der Waals surface area (Å²) < 4.78 is 5.48. The van der Waals surface area contributed by atoms with Gasteiger partial charge in [-0.1, -0.05) is 41.9 Å². The number of rotatable bonds is 4. The summed E-state index contributed by atoms with van der Waals surface area (Å²) >= 11 is 5.93. The van der Waals surface area contributed by atoms with Gasteiger partial charge in [-0.3, -0.25) is 9.78 Å². The van der Waals surface area contributed by atoms with Crippen molar-refractivity contribution in [2.45, 2.75) is 26.9 Å². The zero-order valence-electron chi connectivity index (χ0n) is 14.7. The summed E-state index contributed by atoms with van der Waals surface area (Å²) in [5, 5.41) is 1.17. The lowest BCUT2D eigenvalue weighted by molar-refractivity contribution is 0.0320. The number of hydrogen-bond acceptors (Lipinski definition) is 4. The molecule has 0 aliphatic heterocycles. The van der Waals surface area contributed by atoms with Crippen molar-refractivity contribution in [3.63, 3.8) is 0 Å². The quantitative estimate of drug-likeness (QED) is 0.484. The number of nitrogens with zero attached hydrogens (tertiary/aromatic N) is 1. The van der Waals surface area contributed by atoms with Gasteiger partial charge in [0.2, 0.25) is 5.78 Å². The van der Waals surface area contributed by atoms with Crippen LogP contribution in [0.4, 0.5) is 0 Å². The third-order valence-corrected chi connectivity index (χ3v) is 4.58. The number of aryl methyl sites for hydroxylation is 1. The van der Waals surface area contributed by atoms with Crippen molar-refractivity contribution in [1.29, 1.82) is 0 Å². The molecule has 0 spiro atoms. The van der Waals surface area contributed by atoms with E-state index in [0.717, 1.165) is 16.8 Å². The van der Waals surface area contributed by atoms with Gasteiger partial charge in [0.15, 0.2) is 6.10 Å². The Morgan fingerprint density at radius 3 is 2.54 bits per heavy atom. The van der Waals surface area contributed by atoms with Crippen LogP contribution < -0.4 is 0 Å². The van der Waals surface area contributed by atoms with E-state index in [1.807, 2.05) is 38.1 Å². The number of aromatic nitrogens is 1. The second-order valence-electron chi connectivity index (χ2n) is 6.14. The van der Waals surface area contributed by atoms with Gasteiger partial charge in [0.1, 0.15) is 0 Å². The zero-order valence-corrected chi connectivity index (χ0v) is 15.5. The summed E-state index contributed by atoms with van der Waals surface area (Å²) in [5.41, 5.74) is 3.07. The molecule has 26 heavy (non-hydrogen) atoms. The van der Waals surface area contributed by atoms with Gasteiger partial charge in [-0.05, 0) is 44.5 Å². The van der Waals surface area contributed by atoms with Crippen molar-refractivity contribution < 1.29 is 14.3 Å². The maximum absolute atomic E-state index is 12.8. The highest BCUT2D eigenvalue weighted by Gasteiger charge is 2.24. The number of pyridine rings is 1. The lowest BCUT2D eigenvalue weighted by atomic mass is 10.0. The number of esters is 1. The molecule has 3 aromatic rings. The maximum Gasteiger partial charge on any atom is 0.339 e. The Labute approximate surface area is 156 Å². The van der Waals surface area contributed by atoms with Gasteiger partial charge >= 0.3 is 5.97 Å². The first-order valence-corrected chi connectivity index (χ1v) is 8.63. The van der Waals surface area contributed by atoms with Gasteiger partial charge in [0.05, 0.1) is 11.1 Å². The van der Waals surface area contributed by atoms with Crippen molar-refractivity contribution in [1.82, 2.24) is 4.98 Å². The minimum atomic E-state index is -0.924. The molecule has 0 aliphatic rings. The van der Waals surface area contributed by atoms with Gasteiger partial charge in [-0.25, -0.2) is 4.79 Å². The second kappa shape index (κ2) is 7.26. The molecule has 4 nitrogen and oxygen atoms in total. The lowest BCUT2D eigenvalue weighted by Gasteiger charge is -2.16. The molecule has 0 saturated heterocycles. The highest BCUT2D eigenvalue weighted by molar-refractivity contribution is 6.31. The van der Waals surface area contributed by atoms with Crippen LogP contribution in [-0.4, -0.2) is 22.8 Å². The Kier molecular flexibility index (Phi) is 5.05. The summed E-state index contributed by atoms with van der Waals surface area (Å²) in [4.78, 5) is 29.8. The van der Waals surface area contributed by atoms with E-state index in [0.29, 0.717) is 21.5 Å². The van der Waals surface area contributed by atoms with Crippen LogP contribution in [0.25, 0.3) is 10.9 Å². The maximum atomic E-state index is 12.8. The SMILES string of the molecule is Cc1nc2ccccc2c(C(=O)OC(C)C(=O)c2cccc(Cl)c2)c1C. The molecule has 0 aliphatic carbocycles. The summed E-state index contributed by atoms with van der Waals surface area (Å²) in [6.07, 6.45) is -0.924. The minimum Gasteiger partial charge on any atom is -0.451 e. The van der Waals surface area contributed by atoms with Crippen LogP contribution in [0.1, 0.15) is 38.9 Å². The van der Waals surface area contributed by atoms with E-state index >= 15 is 0 Å². The molecule has 0 radical (unpaired) electrons. The zero-order chi connectivity index (χ0) is 18.8. The number of halogens is 1. The Morgan fingerprint density at radius 2 is 1.81 bits per heavy atom. The van der Waals surface area contributed by atoms with Gasteiger partial charge < -0.3 is 4.74 Å². The van der Waals surface area contributed by atoms with Gasteiger partial charge in [-0.15, -0.1) is 0 Å². The van der Waals surface area contributed by atoms with E-state index in [1.165, 1.54) is 0 Å². The van der Waals surface area contributed by atoms with E-state index in [2.05, 4.69) is 4.98 Å². The van der Waals surface area contributed by atoms with Crippen LogP contribution in [0.3, 0.4) is 0 Å². The van der Waals surface area contributed by atoms with Crippen LogP contribution in [0.5, 0.6) is 0 Å². The predicted octanol–water partition coefficient (Wildman–Crippen LogP) is 4.93. The molecule has 1 heterocycles. The van der Waals surface area contributed by atoms with Crippen molar-refractivity contribution in [2.75, 3.05) is 0 Å². The summed E-state index contributed by atoms with van der Waals surface area (Å²) in [7, 11) is 0. The fourth-order valence-corrected chi connectivity index (χ4v) is 3.03. The molecule has 1 unspecified atom stereocenters. The Bertz CT molecular complexity index is 1010. The van der Waals surface area contributed by atoms with E-state index in [1.54, 1.807) is 31.2 Å². The molecule has 0 saturated carbocycles. The highest BCUT2D eigenvalue weighted by atomic mass is 35.5. The van der Waals surface area contributed by atoms with E-state index in [9.17, 15) is 9.59 Å². The molecule has 0 bridgehead atoms. The molecule has 132 valence electrons. The van der Waals surface area contributed by atoms with Crippen LogP contribution >= 0.6 is 11.6 Å². The summed E-state index contributed by atoms with van der Waals surface area (Å²) in [6.45, 7) is 5.24. The number of ether oxygens (including phenoxy) is 1. The molecule has 0 fully saturated rings. The second-order valence-corrected chi connectivity index (χ2v) is 6.57. The standard InChI is InChI=1S/C21H18ClNO3/c1-12-13(2)23-18-10-5-4-9-17(18)19(12)21(25)26-14(3)20(24)15-7-6-8-16(22)11-15/h4-11,14H,1-3H3. The number of carbonyl (C=O) groups excluding carboxylic acids is 2. The number of ketones is 1. The van der Waals surface area contributed by atoms with Crippen molar-refractivity contribution in [2.24, 2.45) is 0 Å². The third kappa shape index (κ3) is 3.46. The Hall–Kier alpha value is -2.72. The Morgan fingerprint density at radius 1 is 1.08 bits per heavy atom. The first-order chi connectivity index (χ1) is 12.4. The van der Waals surface area contributed by atoms with Crippen LogP contribution in [0, 0.1) is 13.8 Å². The minimum absolute atomic E-state index is 0.298. The smallest absolute Gasteiger partial charge is 0.339 e. The molecular formula is C21H18ClNO3. The van der Waals surface area contributed by atoms with Crippen molar-refractivity contribution >= 4 is 34.3 Å². The fraction of sp³-hybridized carbons (Fsp3) is 0.190. The number of para-hydroxylation sites is 1. The van der Waals surface area contributed by atoms with Gasteiger partial charge in [0.25, 0.3) is 0 Å². The number of hydrogen-bond donors (Lipinski definition) is 0. The molecular weight excluding hydrogens is 350 g/mol. The van der Waals surface area contributed by atoms with Crippen LogP contribution in [0.15, 0.2) is 48.5 Å².